The van der Waals surface area contributed by atoms with E-state index in [2.05, 4.69) is 15.6 Å². The van der Waals surface area contributed by atoms with E-state index in [1.165, 1.54) is 11.3 Å². The number of carbonyl (C=O) groups is 2. The maximum atomic E-state index is 12.6. The molecule has 0 bridgehead atoms. The van der Waals surface area contributed by atoms with Gasteiger partial charge in [-0.3, -0.25) is 14.9 Å². The van der Waals surface area contributed by atoms with Crippen LogP contribution in [0.4, 0.5) is 10.8 Å². The molecule has 2 N–H and O–H groups in total. The summed E-state index contributed by atoms with van der Waals surface area (Å²) in [6.07, 6.45) is 1.61. The highest BCUT2D eigenvalue weighted by molar-refractivity contribution is 7.13. The molecule has 1 heterocycles. The van der Waals surface area contributed by atoms with Crippen LogP contribution in [0.1, 0.15) is 27.6 Å². The molecule has 0 atom stereocenters. The molecule has 0 fully saturated rings. The molecule has 3 rings (SSSR count). The summed E-state index contributed by atoms with van der Waals surface area (Å²) in [6.45, 7) is 2.24. The second-order valence-electron chi connectivity index (χ2n) is 5.40. The molecule has 6 nitrogen and oxygen atoms in total. The molecule has 0 aliphatic heterocycles. The number of amides is 2. The summed E-state index contributed by atoms with van der Waals surface area (Å²) in [7, 11) is 0. The standard InChI is InChI=1S/C19H16ClN3O3S/c1-2-26-16-11-13(20)6-7-15(16)18(25)22-14-5-3-4-12(10-14)17(24)23-19-21-8-9-27-19/h3-11H,2H2,1H3,(H,22,25)(H,21,23,24). The van der Waals surface area contributed by atoms with Crippen LogP contribution < -0.4 is 15.4 Å². The Morgan fingerprint density at radius 3 is 2.74 bits per heavy atom. The Bertz CT molecular complexity index is 961. The molecule has 2 aromatic carbocycles. The minimum atomic E-state index is -0.354. The molecule has 0 radical (unpaired) electrons. The monoisotopic (exact) mass is 401 g/mol. The van der Waals surface area contributed by atoms with Crippen LogP contribution in [0.15, 0.2) is 54.0 Å². The van der Waals surface area contributed by atoms with Crippen LogP contribution in [0.2, 0.25) is 5.02 Å². The third-order valence-electron chi connectivity index (χ3n) is 3.52. The molecule has 2 amide bonds. The number of hydrogen-bond donors (Lipinski definition) is 2. The van der Waals surface area contributed by atoms with Gasteiger partial charge in [-0.2, -0.15) is 0 Å². The van der Waals surface area contributed by atoms with E-state index >= 15 is 0 Å². The van der Waals surface area contributed by atoms with E-state index in [0.29, 0.717) is 39.3 Å². The third kappa shape index (κ3) is 4.84. The van der Waals surface area contributed by atoms with Crippen molar-refractivity contribution >= 4 is 45.6 Å². The van der Waals surface area contributed by atoms with E-state index in [0.717, 1.165) is 0 Å². The number of nitrogens with one attached hydrogen (secondary N) is 2. The number of anilines is 2. The number of nitrogens with zero attached hydrogens (tertiary/aromatic N) is 1. The average molecular weight is 402 g/mol. The number of ether oxygens (including phenoxy) is 1. The van der Waals surface area contributed by atoms with Gasteiger partial charge in [0.15, 0.2) is 5.13 Å². The average Bonchev–Trinajstić information content (AvgIpc) is 3.15. The number of carbonyl (C=O) groups excluding carboxylic acids is 2. The van der Waals surface area contributed by atoms with Crippen molar-refractivity contribution in [3.63, 3.8) is 0 Å². The van der Waals surface area contributed by atoms with Gasteiger partial charge in [0.05, 0.1) is 12.2 Å². The van der Waals surface area contributed by atoms with Crippen LogP contribution >= 0.6 is 22.9 Å². The number of halogens is 1. The van der Waals surface area contributed by atoms with Crippen molar-refractivity contribution in [2.75, 3.05) is 17.2 Å². The number of rotatable bonds is 6. The highest BCUT2D eigenvalue weighted by atomic mass is 35.5. The normalized spacial score (nSPS) is 10.3. The van der Waals surface area contributed by atoms with Crippen molar-refractivity contribution in [1.82, 2.24) is 4.98 Å². The van der Waals surface area contributed by atoms with E-state index in [-0.39, 0.29) is 11.8 Å². The summed E-state index contributed by atoms with van der Waals surface area (Å²) >= 11 is 7.30. The van der Waals surface area contributed by atoms with Gasteiger partial charge < -0.3 is 10.1 Å². The lowest BCUT2D eigenvalue weighted by Gasteiger charge is -2.11. The first-order chi connectivity index (χ1) is 13.1. The second-order valence-corrected chi connectivity index (χ2v) is 6.73. The van der Waals surface area contributed by atoms with Crippen LogP contribution in [0.5, 0.6) is 5.75 Å². The molecule has 3 aromatic rings. The van der Waals surface area contributed by atoms with Crippen LogP contribution in [0.25, 0.3) is 0 Å². The van der Waals surface area contributed by atoms with Crippen LogP contribution in [0, 0.1) is 0 Å². The van der Waals surface area contributed by atoms with Gasteiger partial charge in [0, 0.05) is 27.9 Å². The SMILES string of the molecule is CCOc1cc(Cl)ccc1C(=O)Nc1cccc(C(=O)Nc2nccs2)c1. The molecule has 8 heteroatoms. The molecule has 27 heavy (non-hydrogen) atoms. The second kappa shape index (κ2) is 8.66. The number of hydrogen-bond acceptors (Lipinski definition) is 5. The van der Waals surface area contributed by atoms with E-state index in [4.69, 9.17) is 16.3 Å². The van der Waals surface area contributed by atoms with Gasteiger partial charge >= 0.3 is 0 Å². The zero-order chi connectivity index (χ0) is 19.2. The number of thiazole rings is 1. The molecular formula is C19H16ClN3O3S. The van der Waals surface area contributed by atoms with Crippen molar-refractivity contribution in [3.8, 4) is 5.75 Å². The molecule has 0 saturated heterocycles. The minimum absolute atomic E-state index is 0.303. The van der Waals surface area contributed by atoms with Crippen molar-refractivity contribution < 1.29 is 14.3 Å². The highest BCUT2D eigenvalue weighted by Gasteiger charge is 2.15. The third-order valence-corrected chi connectivity index (χ3v) is 4.45. The number of benzene rings is 2. The van der Waals surface area contributed by atoms with Crippen molar-refractivity contribution in [2.24, 2.45) is 0 Å². The molecule has 0 unspecified atom stereocenters. The first kappa shape index (κ1) is 18.9. The quantitative estimate of drug-likeness (QED) is 0.627. The van der Waals surface area contributed by atoms with Gasteiger partial charge in [0.1, 0.15) is 5.75 Å². The lowest BCUT2D eigenvalue weighted by molar-refractivity contribution is 0.101. The molecule has 0 saturated carbocycles. The topological polar surface area (TPSA) is 80.3 Å². The highest BCUT2D eigenvalue weighted by Crippen LogP contribution is 2.25. The zero-order valence-corrected chi connectivity index (χ0v) is 15.9. The largest absolute Gasteiger partial charge is 0.493 e. The Kier molecular flexibility index (Phi) is 6.05. The summed E-state index contributed by atoms with van der Waals surface area (Å²) < 4.78 is 5.48. The lowest BCUT2D eigenvalue weighted by Crippen LogP contribution is -2.15. The zero-order valence-electron chi connectivity index (χ0n) is 14.4. The van der Waals surface area contributed by atoms with Crippen LogP contribution in [-0.2, 0) is 0 Å². The van der Waals surface area contributed by atoms with E-state index in [9.17, 15) is 9.59 Å². The van der Waals surface area contributed by atoms with Crippen molar-refractivity contribution in [3.05, 3.63) is 70.2 Å². The Morgan fingerprint density at radius 2 is 2.00 bits per heavy atom. The van der Waals surface area contributed by atoms with Crippen LogP contribution in [-0.4, -0.2) is 23.4 Å². The van der Waals surface area contributed by atoms with E-state index in [1.807, 2.05) is 6.92 Å². The van der Waals surface area contributed by atoms with Gasteiger partial charge in [-0.05, 0) is 43.3 Å². The van der Waals surface area contributed by atoms with Gasteiger partial charge in [-0.15, -0.1) is 11.3 Å². The Hall–Kier alpha value is -2.90. The van der Waals surface area contributed by atoms with Crippen LogP contribution in [0.3, 0.4) is 0 Å². The first-order valence-corrected chi connectivity index (χ1v) is 9.37. The van der Waals surface area contributed by atoms with Gasteiger partial charge in [-0.1, -0.05) is 17.7 Å². The minimum Gasteiger partial charge on any atom is -0.493 e. The summed E-state index contributed by atoms with van der Waals surface area (Å²) in [5, 5.41) is 8.24. The molecule has 0 aliphatic rings. The molecule has 138 valence electrons. The summed E-state index contributed by atoms with van der Waals surface area (Å²) in [6, 6.07) is 11.5. The number of aromatic nitrogens is 1. The first-order valence-electron chi connectivity index (χ1n) is 8.11. The fraction of sp³-hybridized carbons (Fsp3) is 0.105. The lowest BCUT2D eigenvalue weighted by atomic mass is 10.1. The molecular weight excluding hydrogens is 386 g/mol. The smallest absolute Gasteiger partial charge is 0.259 e. The predicted octanol–water partition coefficient (Wildman–Crippen LogP) is 4.70. The maximum Gasteiger partial charge on any atom is 0.259 e. The molecule has 0 spiro atoms. The summed E-state index contributed by atoms with van der Waals surface area (Å²) in [4.78, 5) is 28.9. The maximum absolute atomic E-state index is 12.6. The van der Waals surface area contributed by atoms with Crippen molar-refractivity contribution in [1.29, 1.82) is 0 Å². The summed E-state index contributed by atoms with van der Waals surface area (Å²) in [5.74, 6) is -0.254. The summed E-state index contributed by atoms with van der Waals surface area (Å²) in [5.41, 5.74) is 1.26. The van der Waals surface area contributed by atoms with Gasteiger partial charge in [-0.25, -0.2) is 4.98 Å². The molecule has 0 aliphatic carbocycles. The fourth-order valence-corrected chi connectivity index (χ4v) is 3.04. The van der Waals surface area contributed by atoms with E-state index < -0.39 is 0 Å². The predicted molar refractivity (Wildman–Crippen MR) is 107 cm³/mol. The molecule has 1 aromatic heterocycles. The van der Waals surface area contributed by atoms with Crippen molar-refractivity contribution in [2.45, 2.75) is 6.92 Å². The fourth-order valence-electron chi connectivity index (χ4n) is 2.35. The van der Waals surface area contributed by atoms with Gasteiger partial charge in [0.2, 0.25) is 0 Å². The Morgan fingerprint density at radius 1 is 1.15 bits per heavy atom. The van der Waals surface area contributed by atoms with E-state index in [1.54, 1.807) is 54.0 Å². The Labute approximate surface area is 165 Å². The Balaban J connectivity index is 1.76. The van der Waals surface area contributed by atoms with Gasteiger partial charge in [0.25, 0.3) is 11.8 Å².